The number of benzene rings is 1. The SMILES string of the molecule is O=C(O)CC1CCN(C(=O)NCc2ccc(F)cc2)C1. The molecular weight excluding hydrogens is 263 g/mol. The van der Waals surface area contributed by atoms with E-state index in [-0.39, 0.29) is 24.2 Å². The number of urea groups is 1. The Bertz CT molecular complexity index is 490. The lowest BCUT2D eigenvalue weighted by atomic mass is 10.1. The van der Waals surface area contributed by atoms with E-state index in [0.29, 0.717) is 19.6 Å². The van der Waals surface area contributed by atoms with E-state index in [0.717, 1.165) is 12.0 Å². The van der Waals surface area contributed by atoms with Gasteiger partial charge in [0.05, 0.1) is 0 Å². The molecule has 0 aromatic heterocycles. The van der Waals surface area contributed by atoms with Crippen molar-refractivity contribution in [2.75, 3.05) is 13.1 Å². The molecule has 1 fully saturated rings. The van der Waals surface area contributed by atoms with Crippen LogP contribution in [-0.2, 0) is 11.3 Å². The molecule has 1 aromatic rings. The summed E-state index contributed by atoms with van der Waals surface area (Å²) < 4.78 is 12.7. The molecule has 5 nitrogen and oxygen atoms in total. The number of carboxylic acid groups (broad SMARTS) is 1. The number of carboxylic acids is 1. The summed E-state index contributed by atoms with van der Waals surface area (Å²) in [5.41, 5.74) is 0.820. The number of carbonyl (C=O) groups is 2. The number of amides is 2. The van der Waals surface area contributed by atoms with Crippen LogP contribution in [0, 0.1) is 11.7 Å². The first-order valence-corrected chi connectivity index (χ1v) is 6.53. The highest BCUT2D eigenvalue weighted by atomic mass is 19.1. The summed E-state index contributed by atoms with van der Waals surface area (Å²) in [6, 6.07) is 5.72. The second-order valence-electron chi connectivity index (χ2n) is 4.98. The van der Waals surface area contributed by atoms with Crippen molar-refractivity contribution in [3.8, 4) is 0 Å². The van der Waals surface area contributed by atoms with E-state index in [4.69, 9.17) is 5.11 Å². The van der Waals surface area contributed by atoms with Gasteiger partial charge in [0.15, 0.2) is 0 Å². The average Bonchev–Trinajstić information content (AvgIpc) is 2.85. The Morgan fingerprint density at radius 3 is 2.70 bits per heavy atom. The Labute approximate surface area is 116 Å². The molecule has 2 N–H and O–H groups in total. The second-order valence-corrected chi connectivity index (χ2v) is 4.98. The molecule has 1 unspecified atom stereocenters. The van der Waals surface area contributed by atoms with Crippen LogP contribution >= 0.6 is 0 Å². The van der Waals surface area contributed by atoms with Crippen molar-refractivity contribution in [3.63, 3.8) is 0 Å². The molecule has 0 spiro atoms. The quantitative estimate of drug-likeness (QED) is 0.884. The highest BCUT2D eigenvalue weighted by Gasteiger charge is 2.27. The molecule has 0 aliphatic carbocycles. The first-order chi connectivity index (χ1) is 9.54. The van der Waals surface area contributed by atoms with Gasteiger partial charge < -0.3 is 15.3 Å². The summed E-state index contributed by atoms with van der Waals surface area (Å²) in [6.07, 6.45) is 0.817. The molecule has 0 bridgehead atoms. The van der Waals surface area contributed by atoms with Gasteiger partial charge in [-0.1, -0.05) is 12.1 Å². The van der Waals surface area contributed by atoms with Crippen LogP contribution in [0.1, 0.15) is 18.4 Å². The van der Waals surface area contributed by atoms with Gasteiger partial charge in [-0.05, 0) is 30.0 Å². The molecule has 1 aliphatic heterocycles. The van der Waals surface area contributed by atoms with E-state index in [9.17, 15) is 14.0 Å². The molecule has 6 heteroatoms. The van der Waals surface area contributed by atoms with Crippen molar-refractivity contribution >= 4 is 12.0 Å². The third kappa shape index (κ3) is 3.94. The van der Waals surface area contributed by atoms with Crippen LogP contribution in [0.5, 0.6) is 0 Å². The standard InChI is InChI=1S/C14H17FN2O3/c15-12-3-1-10(2-4-12)8-16-14(20)17-6-5-11(9-17)7-13(18)19/h1-4,11H,5-9H2,(H,16,20)(H,18,19). The zero-order valence-electron chi connectivity index (χ0n) is 11.0. The lowest BCUT2D eigenvalue weighted by molar-refractivity contribution is -0.138. The Morgan fingerprint density at radius 1 is 1.35 bits per heavy atom. The van der Waals surface area contributed by atoms with Crippen molar-refractivity contribution in [2.24, 2.45) is 5.92 Å². The van der Waals surface area contributed by atoms with Crippen molar-refractivity contribution in [1.82, 2.24) is 10.2 Å². The normalized spacial score (nSPS) is 18.1. The number of aliphatic carboxylic acids is 1. The summed E-state index contributed by atoms with van der Waals surface area (Å²) >= 11 is 0. The minimum Gasteiger partial charge on any atom is -0.481 e. The Morgan fingerprint density at radius 2 is 2.05 bits per heavy atom. The predicted octanol–water partition coefficient (Wildman–Crippen LogP) is 1.83. The van der Waals surface area contributed by atoms with Crippen molar-refractivity contribution in [1.29, 1.82) is 0 Å². The van der Waals surface area contributed by atoms with E-state index in [2.05, 4.69) is 5.32 Å². The number of rotatable bonds is 4. The number of halogens is 1. The van der Waals surface area contributed by atoms with Gasteiger partial charge in [0.25, 0.3) is 0 Å². The van der Waals surface area contributed by atoms with Crippen LogP contribution in [0.15, 0.2) is 24.3 Å². The topological polar surface area (TPSA) is 69.6 Å². The van der Waals surface area contributed by atoms with Crippen LogP contribution in [0.2, 0.25) is 0 Å². The monoisotopic (exact) mass is 280 g/mol. The zero-order valence-corrected chi connectivity index (χ0v) is 11.0. The second kappa shape index (κ2) is 6.36. The molecule has 1 saturated heterocycles. The average molecular weight is 280 g/mol. The van der Waals surface area contributed by atoms with Crippen LogP contribution in [-0.4, -0.2) is 35.1 Å². The summed E-state index contributed by atoms with van der Waals surface area (Å²) in [4.78, 5) is 24.2. The zero-order chi connectivity index (χ0) is 14.5. The summed E-state index contributed by atoms with van der Waals surface area (Å²) in [6.45, 7) is 1.38. The largest absolute Gasteiger partial charge is 0.481 e. The van der Waals surface area contributed by atoms with E-state index < -0.39 is 5.97 Å². The van der Waals surface area contributed by atoms with Gasteiger partial charge in [-0.2, -0.15) is 0 Å². The third-order valence-electron chi connectivity index (χ3n) is 3.39. The maximum absolute atomic E-state index is 12.7. The van der Waals surface area contributed by atoms with Gasteiger partial charge in [0.1, 0.15) is 5.82 Å². The van der Waals surface area contributed by atoms with E-state index in [1.165, 1.54) is 12.1 Å². The minimum absolute atomic E-state index is 0.0315. The van der Waals surface area contributed by atoms with E-state index in [1.807, 2.05) is 0 Å². The molecule has 0 radical (unpaired) electrons. The van der Waals surface area contributed by atoms with E-state index in [1.54, 1.807) is 17.0 Å². The van der Waals surface area contributed by atoms with Gasteiger partial charge in [-0.25, -0.2) is 9.18 Å². The maximum Gasteiger partial charge on any atom is 0.317 e. The van der Waals surface area contributed by atoms with Crippen molar-refractivity contribution in [2.45, 2.75) is 19.4 Å². The number of nitrogens with one attached hydrogen (secondary N) is 1. The molecule has 2 amide bonds. The summed E-state index contributed by atoms with van der Waals surface area (Å²) in [5.74, 6) is -1.11. The van der Waals surface area contributed by atoms with Crippen LogP contribution in [0.25, 0.3) is 0 Å². The van der Waals surface area contributed by atoms with Crippen LogP contribution < -0.4 is 5.32 Å². The number of hydrogen-bond donors (Lipinski definition) is 2. The lowest BCUT2D eigenvalue weighted by Gasteiger charge is -2.17. The predicted molar refractivity (Wildman–Crippen MR) is 70.6 cm³/mol. The molecule has 1 heterocycles. The fraction of sp³-hybridized carbons (Fsp3) is 0.429. The van der Waals surface area contributed by atoms with Gasteiger partial charge in [-0.3, -0.25) is 4.79 Å². The summed E-state index contributed by atoms with van der Waals surface area (Å²) in [5, 5.41) is 11.5. The molecule has 1 atom stereocenters. The molecule has 108 valence electrons. The first kappa shape index (κ1) is 14.3. The van der Waals surface area contributed by atoms with Gasteiger partial charge in [0, 0.05) is 26.1 Å². The molecule has 1 aliphatic rings. The Balaban J connectivity index is 1.78. The number of nitrogens with zero attached hydrogens (tertiary/aromatic N) is 1. The number of likely N-dealkylation sites (tertiary alicyclic amines) is 1. The third-order valence-corrected chi connectivity index (χ3v) is 3.39. The summed E-state index contributed by atoms with van der Waals surface area (Å²) in [7, 11) is 0. The molecular formula is C14H17FN2O3. The first-order valence-electron chi connectivity index (χ1n) is 6.53. The van der Waals surface area contributed by atoms with Crippen LogP contribution in [0.3, 0.4) is 0 Å². The number of hydrogen-bond acceptors (Lipinski definition) is 2. The highest BCUT2D eigenvalue weighted by Crippen LogP contribution is 2.19. The fourth-order valence-electron chi connectivity index (χ4n) is 2.32. The van der Waals surface area contributed by atoms with Crippen LogP contribution in [0.4, 0.5) is 9.18 Å². The van der Waals surface area contributed by atoms with Crippen molar-refractivity contribution < 1.29 is 19.1 Å². The van der Waals surface area contributed by atoms with Crippen molar-refractivity contribution in [3.05, 3.63) is 35.6 Å². The molecule has 0 saturated carbocycles. The highest BCUT2D eigenvalue weighted by molar-refractivity contribution is 5.74. The maximum atomic E-state index is 12.7. The minimum atomic E-state index is -0.830. The lowest BCUT2D eigenvalue weighted by Crippen LogP contribution is -2.38. The van der Waals surface area contributed by atoms with Gasteiger partial charge >= 0.3 is 12.0 Å². The van der Waals surface area contributed by atoms with Gasteiger partial charge in [-0.15, -0.1) is 0 Å². The smallest absolute Gasteiger partial charge is 0.317 e. The Hall–Kier alpha value is -2.11. The van der Waals surface area contributed by atoms with E-state index >= 15 is 0 Å². The fourth-order valence-corrected chi connectivity index (χ4v) is 2.32. The molecule has 20 heavy (non-hydrogen) atoms. The number of carbonyl (C=O) groups excluding carboxylic acids is 1. The Kier molecular flexibility index (Phi) is 4.55. The molecule has 1 aromatic carbocycles. The van der Waals surface area contributed by atoms with Gasteiger partial charge in [0.2, 0.25) is 0 Å². The molecule has 2 rings (SSSR count).